The molecule has 37 heavy (non-hydrogen) atoms. The van der Waals surface area contributed by atoms with Gasteiger partial charge in [0.2, 0.25) is 5.91 Å². The van der Waals surface area contributed by atoms with Gasteiger partial charge in [0, 0.05) is 17.8 Å². The van der Waals surface area contributed by atoms with Crippen LogP contribution >= 0.6 is 0 Å². The lowest BCUT2D eigenvalue weighted by molar-refractivity contribution is -0.141. The van der Waals surface area contributed by atoms with Gasteiger partial charge in [-0.1, -0.05) is 57.0 Å². The molecule has 0 aliphatic heterocycles. The highest BCUT2D eigenvalue weighted by molar-refractivity contribution is 5.99. The molecule has 0 fully saturated rings. The van der Waals surface area contributed by atoms with Crippen LogP contribution in [0.5, 0.6) is 0 Å². The Kier molecular flexibility index (Phi) is 10.3. The van der Waals surface area contributed by atoms with E-state index in [9.17, 15) is 14.4 Å². The van der Waals surface area contributed by atoms with Gasteiger partial charge in [0.15, 0.2) is 0 Å². The Hall–Kier alpha value is -3.79. The monoisotopic (exact) mass is 505 g/mol. The number of ether oxygens (including phenoxy) is 1. The standard InChI is InChI=1S/C30H39N3O4/c1-9-19-33(28(35)25(20(3)4)32-29(36)37-30(6,7)8)26(23-17-15-22(10-2)16-18-23)27(34)31-24-14-12-11-13-21(24)5/h2,11-18,20,25-26H,9,19H2,1,3-8H3,(H,31,34)(H,32,36). The van der Waals surface area contributed by atoms with Crippen molar-refractivity contribution in [3.8, 4) is 12.3 Å². The predicted octanol–water partition coefficient (Wildman–Crippen LogP) is 5.44. The molecule has 0 heterocycles. The van der Waals surface area contributed by atoms with E-state index in [0.29, 0.717) is 29.8 Å². The SMILES string of the molecule is C#Cc1ccc(C(C(=O)Nc2ccccc2C)N(CCC)C(=O)C(NC(=O)OC(C)(C)C)C(C)C)cc1. The Labute approximate surface area is 221 Å². The van der Waals surface area contributed by atoms with E-state index in [4.69, 9.17) is 11.2 Å². The van der Waals surface area contributed by atoms with Crippen LogP contribution in [-0.2, 0) is 14.3 Å². The van der Waals surface area contributed by atoms with Gasteiger partial charge >= 0.3 is 6.09 Å². The number of rotatable bonds is 9. The van der Waals surface area contributed by atoms with Crippen LogP contribution in [0, 0.1) is 25.2 Å². The van der Waals surface area contributed by atoms with E-state index in [1.54, 1.807) is 45.0 Å². The minimum absolute atomic E-state index is 0.247. The molecule has 2 atom stereocenters. The number of nitrogens with one attached hydrogen (secondary N) is 2. The van der Waals surface area contributed by atoms with E-state index < -0.39 is 23.8 Å². The number of carbonyl (C=O) groups excluding carboxylic acids is 3. The van der Waals surface area contributed by atoms with Crippen LogP contribution in [0.25, 0.3) is 0 Å². The minimum Gasteiger partial charge on any atom is -0.444 e. The first-order valence-electron chi connectivity index (χ1n) is 12.6. The number of anilines is 1. The zero-order chi connectivity index (χ0) is 27.8. The summed E-state index contributed by atoms with van der Waals surface area (Å²) in [7, 11) is 0. The molecule has 2 unspecified atom stereocenters. The van der Waals surface area contributed by atoms with Gasteiger partial charge in [0.1, 0.15) is 17.7 Å². The number of hydrogen-bond donors (Lipinski definition) is 2. The third-order valence-corrected chi connectivity index (χ3v) is 5.71. The number of benzene rings is 2. The van der Waals surface area contributed by atoms with E-state index >= 15 is 0 Å². The average Bonchev–Trinajstić information content (AvgIpc) is 2.82. The minimum atomic E-state index is -0.944. The van der Waals surface area contributed by atoms with E-state index in [-0.39, 0.29) is 17.7 Å². The third-order valence-electron chi connectivity index (χ3n) is 5.71. The van der Waals surface area contributed by atoms with Crippen LogP contribution in [0.3, 0.4) is 0 Å². The third kappa shape index (κ3) is 8.38. The lowest BCUT2D eigenvalue weighted by Crippen LogP contribution is -2.54. The first-order chi connectivity index (χ1) is 17.4. The van der Waals surface area contributed by atoms with Crippen molar-refractivity contribution >= 4 is 23.6 Å². The van der Waals surface area contributed by atoms with Gasteiger partial charge in [0.05, 0.1) is 0 Å². The number of hydrogen-bond acceptors (Lipinski definition) is 4. The van der Waals surface area contributed by atoms with E-state index in [1.807, 2.05) is 52.0 Å². The van der Waals surface area contributed by atoms with Crippen molar-refractivity contribution in [3.63, 3.8) is 0 Å². The summed E-state index contributed by atoms with van der Waals surface area (Å²) in [6, 6.07) is 12.6. The average molecular weight is 506 g/mol. The number of carbonyl (C=O) groups is 3. The zero-order valence-electron chi connectivity index (χ0n) is 22.9. The fourth-order valence-corrected chi connectivity index (χ4v) is 3.88. The number of alkyl carbamates (subject to hydrolysis) is 1. The molecule has 0 saturated carbocycles. The molecule has 3 amide bonds. The fraction of sp³-hybridized carbons (Fsp3) is 0.433. The summed E-state index contributed by atoms with van der Waals surface area (Å²) in [6.45, 7) is 13.1. The Bertz CT molecular complexity index is 1130. The molecule has 2 N–H and O–H groups in total. The molecule has 2 rings (SSSR count). The van der Waals surface area contributed by atoms with Crippen molar-refractivity contribution in [2.75, 3.05) is 11.9 Å². The smallest absolute Gasteiger partial charge is 0.408 e. The molecular weight excluding hydrogens is 466 g/mol. The van der Waals surface area contributed by atoms with Gasteiger partial charge in [-0.05, 0) is 69.4 Å². The van der Waals surface area contributed by atoms with Crippen LogP contribution < -0.4 is 10.6 Å². The maximum atomic E-state index is 14.0. The highest BCUT2D eigenvalue weighted by Gasteiger charge is 2.37. The highest BCUT2D eigenvalue weighted by atomic mass is 16.6. The van der Waals surface area contributed by atoms with E-state index in [2.05, 4.69) is 16.6 Å². The number of aryl methyl sites for hydroxylation is 1. The zero-order valence-corrected chi connectivity index (χ0v) is 22.9. The fourth-order valence-electron chi connectivity index (χ4n) is 3.88. The summed E-state index contributed by atoms with van der Waals surface area (Å²) >= 11 is 0. The molecule has 2 aromatic rings. The molecule has 7 nitrogen and oxygen atoms in total. The molecule has 0 radical (unpaired) electrons. The molecule has 0 saturated heterocycles. The van der Waals surface area contributed by atoms with Gasteiger partial charge in [-0.15, -0.1) is 6.42 Å². The van der Waals surface area contributed by atoms with Gasteiger partial charge < -0.3 is 20.3 Å². The van der Waals surface area contributed by atoms with Crippen molar-refractivity contribution in [3.05, 3.63) is 65.2 Å². The first kappa shape index (κ1) is 29.4. The number of nitrogens with zero attached hydrogens (tertiary/aromatic N) is 1. The quantitative estimate of drug-likeness (QED) is 0.444. The topological polar surface area (TPSA) is 87.7 Å². The number of para-hydroxylation sites is 1. The van der Waals surface area contributed by atoms with E-state index in [0.717, 1.165) is 5.56 Å². The number of terminal acetylenes is 1. The van der Waals surface area contributed by atoms with Crippen molar-refractivity contribution in [1.82, 2.24) is 10.2 Å². The second kappa shape index (κ2) is 13.0. The summed E-state index contributed by atoms with van der Waals surface area (Å²) in [5.74, 6) is 1.61. The maximum Gasteiger partial charge on any atom is 0.408 e. The van der Waals surface area contributed by atoms with Crippen LogP contribution in [0.4, 0.5) is 10.5 Å². The van der Waals surface area contributed by atoms with Crippen LogP contribution in [-0.4, -0.2) is 41.0 Å². The summed E-state index contributed by atoms with van der Waals surface area (Å²) in [6.07, 6.45) is 5.45. The Balaban J connectivity index is 2.51. The summed E-state index contributed by atoms with van der Waals surface area (Å²) in [5.41, 5.74) is 2.13. The number of amides is 3. The molecule has 0 bridgehead atoms. The van der Waals surface area contributed by atoms with Crippen LogP contribution in [0.1, 0.15) is 70.7 Å². The molecule has 198 valence electrons. The normalized spacial score (nSPS) is 12.7. The summed E-state index contributed by atoms with van der Waals surface area (Å²) in [5, 5.41) is 5.71. The van der Waals surface area contributed by atoms with Crippen molar-refractivity contribution in [1.29, 1.82) is 0 Å². The van der Waals surface area contributed by atoms with Crippen LogP contribution in [0.2, 0.25) is 0 Å². The molecule has 7 heteroatoms. The van der Waals surface area contributed by atoms with Gasteiger partial charge in [-0.3, -0.25) is 9.59 Å². The second-order valence-electron chi connectivity index (χ2n) is 10.4. The first-order valence-corrected chi connectivity index (χ1v) is 12.6. The van der Waals surface area contributed by atoms with Crippen molar-refractivity contribution in [2.24, 2.45) is 5.92 Å². The predicted molar refractivity (Wildman–Crippen MR) is 147 cm³/mol. The molecular formula is C30H39N3O4. The largest absolute Gasteiger partial charge is 0.444 e. The summed E-state index contributed by atoms with van der Waals surface area (Å²) in [4.78, 5) is 41.9. The maximum absolute atomic E-state index is 14.0. The van der Waals surface area contributed by atoms with E-state index in [1.165, 1.54) is 4.90 Å². The molecule has 0 aliphatic rings. The van der Waals surface area contributed by atoms with Crippen molar-refractivity contribution in [2.45, 2.75) is 72.6 Å². The Morgan fingerprint density at radius 2 is 1.68 bits per heavy atom. The van der Waals surface area contributed by atoms with Gasteiger partial charge in [-0.2, -0.15) is 0 Å². The lowest BCUT2D eigenvalue weighted by Gasteiger charge is -2.35. The molecule has 0 aliphatic carbocycles. The highest BCUT2D eigenvalue weighted by Crippen LogP contribution is 2.27. The van der Waals surface area contributed by atoms with Crippen LogP contribution in [0.15, 0.2) is 48.5 Å². The molecule has 2 aromatic carbocycles. The Morgan fingerprint density at radius 1 is 1.05 bits per heavy atom. The van der Waals surface area contributed by atoms with Gasteiger partial charge in [0.25, 0.3) is 5.91 Å². The second-order valence-corrected chi connectivity index (χ2v) is 10.4. The lowest BCUT2D eigenvalue weighted by atomic mass is 9.98. The molecule has 0 aromatic heterocycles. The Morgan fingerprint density at radius 3 is 2.19 bits per heavy atom. The van der Waals surface area contributed by atoms with Crippen molar-refractivity contribution < 1.29 is 19.1 Å². The summed E-state index contributed by atoms with van der Waals surface area (Å²) < 4.78 is 5.40. The van der Waals surface area contributed by atoms with Gasteiger partial charge in [-0.25, -0.2) is 4.79 Å². The molecule has 0 spiro atoms.